The minimum Gasteiger partial charge on any atom is -0.326 e. The molecule has 20 heavy (non-hydrogen) atoms. The van der Waals surface area contributed by atoms with Gasteiger partial charge in [0, 0.05) is 12.2 Å². The quantitative estimate of drug-likeness (QED) is 0.790. The Kier molecular flexibility index (Phi) is 3.48. The van der Waals surface area contributed by atoms with E-state index in [0.29, 0.717) is 0 Å². The van der Waals surface area contributed by atoms with Crippen molar-refractivity contribution in [3.63, 3.8) is 0 Å². The number of hydrogen-bond donors (Lipinski definition) is 1. The average Bonchev–Trinajstić information content (AvgIpc) is 2.92. The molecule has 0 saturated heterocycles. The van der Waals surface area contributed by atoms with E-state index in [2.05, 4.69) is 27.5 Å². The Morgan fingerprint density at radius 3 is 2.65 bits per heavy atom. The number of nitrogens with zero attached hydrogens (tertiary/aromatic N) is 3. The van der Waals surface area contributed by atoms with Gasteiger partial charge >= 0.3 is 0 Å². The second-order valence-corrected chi connectivity index (χ2v) is 4.91. The zero-order valence-electron chi connectivity index (χ0n) is 11.5. The van der Waals surface area contributed by atoms with E-state index in [4.69, 9.17) is 5.73 Å². The van der Waals surface area contributed by atoms with Crippen LogP contribution in [0.15, 0.2) is 55.0 Å². The number of para-hydroxylation sites is 2. The first-order chi connectivity index (χ1) is 9.81. The second-order valence-electron chi connectivity index (χ2n) is 4.91. The maximum absolute atomic E-state index is 6.34. The van der Waals surface area contributed by atoms with Crippen LogP contribution >= 0.6 is 0 Å². The number of fused-ring (bicyclic) bond motifs is 1. The summed E-state index contributed by atoms with van der Waals surface area (Å²) < 4.78 is 2.13. The summed E-state index contributed by atoms with van der Waals surface area (Å²) in [4.78, 5) is 8.94. The van der Waals surface area contributed by atoms with Gasteiger partial charge in [-0.3, -0.25) is 4.98 Å². The van der Waals surface area contributed by atoms with Gasteiger partial charge in [0.1, 0.15) is 0 Å². The Bertz CT molecular complexity index is 690. The van der Waals surface area contributed by atoms with Gasteiger partial charge in [0.25, 0.3) is 0 Å². The van der Waals surface area contributed by atoms with Crippen molar-refractivity contribution in [3.05, 3.63) is 60.7 Å². The van der Waals surface area contributed by atoms with Gasteiger partial charge in [-0.1, -0.05) is 25.1 Å². The third-order valence-electron chi connectivity index (χ3n) is 3.65. The van der Waals surface area contributed by atoms with Gasteiger partial charge in [0.15, 0.2) is 0 Å². The number of benzene rings is 1. The summed E-state index contributed by atoms with van der Waals surface area (Å²) in [6.45, 7) is 2.10. The van der Waals surface area contributed by atoms with Crippen LogP contribution < -0.4 is 5.73 Å². The standard InChI is InChI=1S/C16H18N4/c1-2-12(17)16(14-8-5-6-10-18-14)20-11-19-13-7-3-4-9-15(13)20/h3-12,16H,2,17H2,1H3. The molecule has 4 heteroatoms. The van der Waals surface area contributed by atoms with Crippen molar-refractivity contribution >= 4 is 11.0 Å². The highest BCUT2D eigenvalue weighted by molar-refractivity contribution is 5.75. The van der Waals surface area contributed by atoms with Crippen LogP contribution in [-0.2, 0) is 0 Å². The summed E-state index contributed by atoms with van der Waals surface area (Å²) in [5.41, 5.74) is 9.39. The van der Waals surface area contributed by atoms with Crippen molar-refractivity contribution in [3.8, 4) is 0 Å². The summed E-state index contributed by atoms with van der Waals surface area (Å²) in [5.74, 6) is 0. The molecule has 1 aromatic carbocycles. The Labute approximate surface area is 118 Å². The van der Waals surface area contributed by atoms with Crippen LogP contribution in [0.1, 0.15) is 25.1 Å². The summed E-state index contributed by atoms with van der Waals surface area (Å²) in [7, 11) is 0. The number of hydrogen-bond acceptors (Lipinski definition) is 3. The van der Waals surface area contributed by atoms with Gasteiger partial charge in [0.2, 0.25) is 0 Å². The molecule has 0 aliphatic carbocycles. The molecule has 0 saturated carbocycles. The molecule has 102 valence electrons. The molecule has 0 bridgehead atoms. The van der Waals surface area contributed by atoms with Crippen molar-refractivity contribution in [2.75, 3.05) is 0 Å². The van der Waals surface area contributed by atoms with Crippen LogP contribution in [0.3, 0.4) is 0 Å². The highest BCUT2D eigenvalue weighted by atomic mass is 15.1. The lowest BCUT2D eigenvalue weighted by atomic mass is 10.0. The number of imidazole rings is 1. The van der Waals surface area contributed by atoms with E-state index >= 15 is 0 Å². The lowest BCUT2D eigenvalue weighted by Crippen LogP contribution is -2.32. The minimum absolute atomic E-state index is 0.00232. The zero-order chi connectivity index (χ0) is 13.9. The van der Waals surface area contributed by atoms with Crippen LogP contribution in [0.4, 0.5) is 0 Å². The third-order valence-corrected chi connectivity index (χ3v) is 3.65. The molecule has 0 aliphatic heterocycles. The molecule has 4 nitrogen and oxygen atoms in total. The van der Waals surface area contributed by atoms with Crippen LogP contribution in [0.2, 0.25) is 0 Å². The zero-order valence-corrected chi connectivity index (χ0v) is 11.5. The third kappa shape index (κ3) is 2.18. The van der Waals surface area contributed by atoms with Crippen molar-refractivity contribution in [1.82, 2.24) is 14.5 Å². The Morgan fingerprint density at radius 1 is 1.10 bits per heavy atom. The molecular weight excluding hydrogens is 248 g/mol. The molecule has 2 unspecified atom stereocenters. The molecule has 2 aromatic heterocycles. The predicted molar refractivity (Wildman–Crippen MR) is 80.4 cm³/mol. The van der Waals surface area contributed by atoms with E-state index in [1.807, 2.05) is 48.9 Å². The van der Waals surface area contributed by atoms with Crippen LogP contribution in [-0.4, -0.2) is 20.6 Å². The molecule has 2 atom stereocenters. The van der Waals surface area contributed by atoms with Crippen molar-refractivity contribution in [2.24, 2.45) is 5.73 Å². The monoisotopic (exact) mass is 266 g/mol. The SMILES string of the molecule is CCC(N)C(c1ccccn1)n1cnc2ccccc21. The van der Waals surface area contributed by atoms with Gasteiger partial charge < -0.3 is 10.3 Å². The largest absolute Gasteiger partial charge is 0.326 e. The fraction of sp³-hybridized carbons (Fsp3) is 0.250. The van der Waals surface area contributed by atoms with Gasteiger partial charge in [-0.05, 0) is 30.7 Å². The van der Waals surface area contributed by atoms with E-state index in [-0.39, 0.29) is 12.1 Å². The average molecular weight is 266 g/mol. The Balaban J connectivity index is 2.15. The summed E-state index contributed by atoms with van der Waals surface area (Å²) in [5, 5.41) is 0. The second kappa shape index (κ2) is 5.43. The lowest BCUT2D eigenvalue weighted by Gasteiger charge is -2.24. The first-order valence-electron chi connectivity index (χ1n) is 6.89. The Hall–Kier alpha value is -2.20. The van der Waals surface area contributed by atoms with Crippen molar-refractivity contribution in [1.29, 1.82) is 0 Å². The smallest absolute Gasteiger partial charge is 0.0965 e. The lowest BCUT2D eigenvalue weighted by molar-refractivity contribution is 0.458. The maximum atomic E-state index is 6.34. The highest BCUT2D eigenvalue weighted by Gasteiger charge is 2.23. The number of pyridine rings is 1. The van der Waals surface area contributed by atoms with E-state index in [9.17, 15) is 0 Å². The fourth-order valence-corrected chi connectivity index (χ4v) is 2.54. The van der Waals surface area contributed by atoms with Crippen molar-refractivity contribution in [2.45, 2.75) is 25.4 Å². The highest BCUT2D eigenvalue weighted by Crippen LogP contribution is 2.25. The van der Waals surface area contributed by atoms with Crippen LogP contribution in [0, 0.1) is 0 Å². The molecule has 3 aromatic rings. The Morgan fingerprint density at radius 2 is 1.90 bits per heavy atom. The van der Waals surface area contributed by atoms with Crippen LogP contribution in [0.5, 0.6) is 0 Å². The molecule has 2 N–H and O–H groups in total. The molecular formula is C16H18N4. The number of nitrogens with two attached hydrogens (primary N) is 1. The molecule has 3 rings (SSSR count). The molecule has 0 fully saturated rings. The summed E-state index contributed by atoms with van der Waals surface area (Å²) in [6.07, 6.45) is 4.55. The molecule has 0 radical (unpaired) electrons. The van der Waals surface area contributed by atoms with Gasteiger partial charge in [-0.2, -0.15) is 0 Å². The fourth-order valence-electron chi connectivity index (χ4n) is 2.54. The molecule has 0 spiro atoms. The van der Waals surface area contributed by atoms with Crippen molar-refractivity contribution < 1.29 is 0 Å². The van der Waals surface area contributed by atoms with E-state index in [0.717, 1.165) is 23.1 Å². The normalized spacial score (nSPS) is 14.3. The maximum Gasteiger partial charge on any atom is 0.0965 e. The molecule has 2 heterocycles. The first kappa shape index (κ1) is 12.8. The van der Waals surface area contributed by atoms with E-state index in [1.54, 1.807) is 0 Å². The van der Waals surface area contributed by atoms with Gasteiger partial charge in [-0.25, -0.2) is 4.98 Å². The topological polar surface area (TPSA) is 56.7 Å². The first-order valence-corrected chi connectivity index (χ1v) is 6.89. The predicted octanol–water partition coefficient (Wildman–Crippen LogP) is 2.76. The van der Waals surface area contributed by atoms with E-state index < -0.39 is 0 Å². The molecule has 0 aliphatic rings. The number of aromatic nitrogens is 3. The van der Waals surface area contributed by atoms with E-state index in [1.165, 1.54) is 0 Å². The molecule has 0 amide bonds. The van der Waals surface area contributed by atoms with Crippen LogP contribution in [0.25, 0.3) is 11.0 Å². The summed E-state index contributed by atoms with van der Waals surface area (Å²) in [6, 6.07) is 14.0. The summed E-state index contributed by atoms with van der Waals surface area (Å²) >= 11 is 0. The van der Waals surface area contributed by atoms with Gasteiger partial charge in [0.05, 0.1) is 29.1 Å². The van der Waals surface area contributed by atoms with Gasteiger partial charge in [-0.15, -0.1) is 0 Å². The number of rotatable bonds is 4. The minimum atomic E-state index is 0.00232.